The van der Waals surface area contributed by atoms with Crippen molar-refractivity contribution in [2.45, 2.75) is 25.7 Å². The molecule has 0 aromatic heterocycles. The molecule has 0 N–H and O–H groups in total. The molecule has 0 spiro atoms. The molecule has 0 amide bonds. The number of rotatable bonds is 8. The van der Waals surface area contributed by atoms with E-state index in [9.17, 15) is 18.0 Å². The van der Waals surface area contributed by atoms with Crippen molar-refractivity contribution in [3.8, 4) is 5.75 Å². The first kappa shape index (κ1) is 22.5. The topological polar surface area (TPSA) is 38.8 Å². The highest BCUT2D eigenvalue weighted by molar-refractivity contribution is 5.81. The van der Waals surface area contributed by atoms with Crippen molar-refractivity contribution in [2.75, 3.05) is 20.7 Å². The molecule has 0 aliphatic rings. The SMILES string of the molecule is CC/C(=C/c1ccc(OCC(OC(=O)C(F)(F)F)N(C)C)cc1)c1ccccc1. The fraction of sp³-hybridized carbons (Fsp3) is 0.318. The van der Waals surface area contributed by atoms with E-state index >= 15 is 0 Å². The molecule has 0 aliphatic carbocycles. The minimum atomic E-state index is -5.04. The Bertz CT molecular complexity index is 815. The summed E-state index contributed by atoms with van der Waals surface area (Å²) in [6, 6.07) is 17.2. The normalized spacial score (nSPS) is 13.3. The van der Waals surface area contributed by atoms with Crippen LogP contribution >= 0.6 is 0 Å². The van der Waals surface area contributed by atoms with Gasteiger partial charge in [0.2, 0.25) is 0 Å². The first-order valence-corrected chi connectivity index (χ1v) is 9.13. The lowest BCUT2D eigenvalue weighted by Gasteiger charge is -2.24. The number of alkyl halides is 3. The standard InChI is InChI=1S/C22H24F3NO3/c1-4-17(18-8-6-5-7-9-18)14-16-10-12-19(13-11-16)28-15-20(26(2)3)29-21(27)22(23,24)25/h5-14,20H,4,15H2,1-3H3/b17-14-. The maximum atomic E-state index is 12.4. The van der Waals surface area contributed by atoms with Crippen molar-refractivity contribution in [3.63, 3.8) is 0 Å². The average molecular weight is 407 g/mol. The number of allylic oxidation sites excluding steroid dienone is 1. The Kier molecular flexibility index (Phi) is 7.84. The van der Waals surface area contributed by atoms with Gasteiger partial charge in [-0.2, -0.15) is 13.2 Å². The summed E-state index contributed by atoms with van der Waals surface area (Å²) in [5.74, 6) is -1.77. The van der Waals surface area contributed by atoms with Gasteiger partial charge in [-0.25, -0.2) is 4.79 Å². The number of likely N-dealkylation sites (N-methyl/N-ethyl adjacent to an activating group) is 1. The molecule has 0 saturated heterocycles. The zero-order valence-corrected chi connectivity index (χ0v) is 16.6. The second-order valence-corrected chi connectivity index (χ2v) is 6.59. The summed E-state index contributed by atoms with van der Waals surface area (Å²) in [6.45, 7) is 1.86. The maximum absolute atomic E-state index is 12.4. The molecule has 4 nitrogen and oxygen atoms in total. The second-order valence-electron chi connectivity index (χ2n) is 6.59. The van der Waals surface area contributed by atoms with Gasteiger partial charge in [0.15, 0.2) is 6.23 Å². The van der Waals surface area contributed by atoms with Gasteiger partial charge >= 0.3 is 12.1 Å². The number of esters is 1. The van der Waals surface area contributed by atoms with Crippen LogP contribution in [0.4, 0.5) is 13.2 Å². The zero-order chi connectivity index (χ0) is 21.4. The van der Waals surface area contributed by atoms with Crippen LogP contribution in [0.15, 0.2) is 54.6 Å². The molecular formula is C22H24F3NO3. The van der Waals surface area contributed by atoms with E-state index in [1.165, 1.54) is 24.6 Å². The number of carbonyl (C=O) groups excluding carboxylic acids is 1. The summed E-state index contributed by atoms with van der Waals surface area (Å²) in [7, 11) is 3.00. The van der Waals surface area contributed by atoms with E-state index in [0.717, 1.165) is 17.5 Å². The molecule has 1 unspecified atom stereocenters. The Morgan fingerprint density at radius 2 is 1.69 bits per heavy atom. The van der Waals surface area contributed by atoms with Crippen molar-refractivity contribution < 1.29 is 27.4 Å². The van der Waals surface area contributed by atoms with Gasteiger partial charge in [0.1, 0.15) is 12.4 Å². The van der Waals surface area contributed by atoms with E-state index in [2.05, 4.69) is 29.9 Å². The predicted octanol–water partition coefficient (Wildman–Crippen LogP) is 5.01. The third-order valence-corrected chi connectivity index (χ3v) is 4.19. The van der Waals surface area contributed by atoms with Gasteiger partial charge in [-0.15, -0.1) is 0 Å². The van der Waals surface area contributed by atoms with Crippen LogP contribution in [-0.4, -0.2) is 44.0 Å². The molecule has 2 aromatic rings. The molecular weight excluding hydrogens is 383 g/mol. The van der Waals surface area contributed by atoms with Crippen molar-refractivity contribution >= 4 is 17.6 Å². The number of ether oxygens (including phenoxy) is 2. The summed E-state index contributed by atoms with van der Waals surface area (Å²) in [5.41, 5.74) is 3.31. The van der Waals surface area contributed by atoms with Gasteiger partial charge in [0, 0.05) is 0 Å². The van der Waals surface area contributed by atoms with Crippen molar-refractivity contribution in [2.24, 2.45) is 0 Å². The third-order valence-electron chi connectivity index (χ3n) is 4.19. The van der Waals surface area contributed by atoms with Crippen LogP contribution in [0.2, 0.25) is 0 Å². The Balaban J connectivity index is 2.02. The number of halogens is 3. The number of nitrogens with zero attached hydrogens (tertiary/aromatic N) is 1. The highest BCUT2D eigenvalue weighted by atomic mass is 19.4. The van der Waals surface area contributed by atoms with Crippen LogP contribution in [0.5, 0.6) is 5.75 Å². The average Bonchev–Trinajstić information content (AvgIpc) is 2.69. The Hall–Kier alpha value is -2.80. The first-order chi connectivity index (χ1) is 13.7. The maximum Gasteiger partial charge on any atom is 0.490 e. The number of benzene rings is 2. The molecule has 0 heterocycles. The van der Waals surface area contributed by atoms with Crippen LogP contribution in [0.1, 0.15) is 24.5 Å². The second kappa shape index (κ2) is 10.1. The van der Waals surface area contributed by atoms with E-state index in [1.807, 2.05) is 30.3 Å². The molecule has 0 aliphatic heterocycles. The molecule has 2 rings (SSSR count). The molecule has 0 fully saturated rings. The van der Waals surface area contributed by atoms with Crippen molar-refractivity contribution in [1.82, 2.24) is 4.90 Å². The molecule has 1 atom stereocenters. The molecule has 156 valence electrons. The molecule has 0 bridgehead atoms. The zero-order valence-electron chi connectivity index (χ0n) is 16.6. The van der Waals surface area contributed by atoms with E-state index in [-0.39, 0.29) is 6.61 Å². The first-order valence-electron chi connectivity index (χ1n) is 9.13. The van der Waals surface area contributed by atoms with Crippen LogP contribution in [0.3, 0.4) is 0 Å². The molecule has 29 heavy (non-hydrogen) atoms. The summed E-state index contributed by atoms with van der Waals surface area (Å²) in [5, 5.41) is 0. The number of carbonyl (C=O) groups is 1. The third kappa shape index (κ3) is 6.94. The molecule has 0 saturated carbocycles. The Morgan fingerprint density at radius 1 is 1.07 bits per heavy atom. The van der Waals surface area contributed by atoms with E-state index in [1.54, 1.807) is 12.1 Å². The van der Waals surface area contributed by atoms with Crippen LogP contribution in [0, 0.1) is 0 Å². The monoisotopic (exact) mass is 407 g/mol. The smallest absolute Gasteiger partial charge is 0.488 e. The van der Waals surface area contributed by atoms with E-state index < -0.39 is 18.4 Å². The van der Waals surface area contributed by atoms with Gasteiger partial charge in [-0.1, -0.05) is 55.5 Å². The lowest BCUT2D eigenvalue weighted by molar-refractivity contribution is -0.213. The largest absolute Gasteiger partial charge is 0.490 e. The molecule has 7 heteroatoms. The van der Waals surface area contributed by atoms with Gasteiger partial charge < -0.3 is 9.47 Å². The van der Waals surface area contributed by atoms with E-state index in [4.69, 9.17) is 4.74 Å². The van der Waals surface area contributed by atoms with Crippen LogP contribution < -0.4 is 4.74 Å². The Morgan fingerprint density at radius 3 is 2.21 bits per heavy atom. The summed E-state index contributed by atoms with van der Waals surface area (Å²) in [6.07, 6.45) is -3.25. The fourth-order valence-electron chi connectivity index (χ4n) is 2.55. The van der Waals surface area contributed by atoms with Crippen LogP contribution in [-0.2, 0) is 9.53 Å². The minimum Gasteiger partial charge on any atom is -0.488 e. The van der Waals surface area contributed by atoms with Crippen molar-refractivity contribution in [1.29, 1.82) is 0 Å². The lowest BCUT2D eigenvalue weighted by atomic mass is 10.0. The minimum absolute atomic E-state index is 0.228. The van der Waals surface area contributed by atoms with Gasteiger partial charge in [-0.05, 0) is 49.3 Å². The van der Waals surface area contributed by atoms with Crippen LogP contribution in [0.25, 0.3) is 11.6 Å². The summed E-state index contributed by atoms with van der Waals surface area (Å²) < 4.78 is 47.2. The predicted molar refractivity (Wildman–Crippen MR) is 106 cm³/mol. The number of hydrogen-bond acceptors (Lipinski definition) is 4. The fourth-order valence-corrected chi connectivity index (χ4v) is 2.55. The van der Waals surface area contributed by atoms with Gasteiger partial charge in [-0.3, -0.25) is 4.90 Å². The summed E-state index contributed by atoms with van der Waals surface area (Å²) in [4.78, 5) is 12.4. The summed E-state index contributed by atoms with van der Waals surface area (Å²) >= 11 is 0. The molecule has 0 radical (unpaired) electrons. The van der Waals surface area contributed by atoms with E-state index in [0.29, 0.717) is 5.75 Å². The molecule has 2 aromatic carbocycles. The number of hydrogen-bond donors (Lipinski definition) is 0. The van der Waals surface area contributed by atoms with Crippen molar-refractivity contribution in [3.05, 3.63) is 65.7 Å². The lowest BCUT2D eigenvalue weighted by Crippen LogP contribution is -2.41. The highest BCUT2D eigenvalue weighted by Gasteiger charge is 2.42. The van der Waals surface area contributed by atoms with Gasteiger partial charge in [0.25, 0.3) is 0 Å². The van der Waals surface area contributed by atoms with Gasteiger partial charge in [0.05, 0.1) is 0 Å². The Labute approximate surface area is 168 Å². The highest BCUT2D eigenvalue weighted by Crippen LogP contribution is 2.23. The quantitative estimate of drug-likeness (QED) is 0.350.